The lowest BCUT2D eigenvalue weighted by atomic mass is 10.1. The maximum atomic E-state index is 10.8. The van der Waals surface area contributed by atoms with E-state index in [1.54, 1.807) is 23.9 Å². The topological polar surface area (TPSA) is 58.7 Å². The molecule has 0 aromatic heterocycles. The molecule has 1 aromatic carbocycles. The average Bonchev–Trinajstić information content (AvgIpc) is 2.65. The van der Waals surface area contributed by atoms with Gasteiger partial charge in [0, 0.05) is 30.0 Å². The second-order valence-electron chi connectivity index (χ2n) is 6.76. The molecule has 0 N–H and O–H groups in total. The molecule has 5 nitrogen and oxygen atoms in total. The highest BCUT2D eigenvalue weighted by Gasteiger charge is 2.35. The lowest BCUT2D eigenvalue weighted by molar-refractivity contribution is -0.384. The summed E-state index contributed by atoms with van der Waals surface area (Å²) in [6.45, 7) is 12.6. The van der Waals surface area contributed by atoms with Gasteiger partial charge in [-0.2, -0.15) is 0 Å². The van der Waals surface area contributed by atoms with Gasteiger partial charge in [0.25, 0.3) is 5.69 Å². The van der Waals surface area contributed by atoms with Crippen molar-refractivity contribution in [1.29, 1.82) is 0 Å². The molecule has 0 atom stereocenters. The number of nitrogens with zero attached hydrogens (tertiary/aromatic N) is 3. The monoisotopic (exact) mass is 321 g/mol. The molecular weight excluding hydrogens is 298 g/mol. The minimum absolute atomic E-state index is 0.111. The van der Waals surface area contributed by atoms with Crippen molar-refractivity contribution in [2.24, 2.45) is 10.9 Å². The summed E-state index contributed by atoms with van der Waals surface area (Å²) in [4.78, 5) is 17.5. The van der Waals surface area contributed by atoms with Gasteiger partial charge in [-0.3, -0.25) is 10.1 Å². The number of aryl methyl sites for hydroxylation is 1. The maximum Gasteiger partial charge on any atom is 0.269 e. The number of nitro benzene ring substituents is 1. The van der Waals surface area contributed by atoms with Crippen LogP contribution in [0, 0.1) is 23.0 Å². The largest absolute Gasteiger partial charge is 0.350 e. The molecule has 0 radical (unpaired) electrons. The first-order chi connectivity index (χ1) is 10.2. The molecule has 120 valence electrons. The zero-order valence-corrected chi connectivity index (χ0v) is 14.6. The summed E-state index contributed by atoms with van der Waals surface area (Å²) >= 11 is 1.77. The third-order valence-electron chi connectivity index (χ3n) is 3.40. The molecule has 1 saturated heterocycles. The van der Waals surface area contributed by atoms with Crippen LogP contribution in [0.4, 0.5) is 11.4 Å². The first-order valence-corrected chi connectivity index (χ1v) is 8.27. The molecule has 1 heterocycles. The highest BCUT2D eigenvalue weighted by molar-refractivity contribution is 8.15. The standard InChI is InChI=1S/C16H23N3O2S/c1-11(2)9-18-10-16(4,5)22-15(18)17-14-7-6-13(19(20)21)8-12(14)3/h6-8,11H,9-10H2,1-5H3. The van der Waals surface area contributed by atoms with Gasteiger partial charge in [0.05, 0.1) is 10.6 Å². The average molecular weight is 321 g/mol. The number of rotatable bonds is 4. The number of aliphatic imine (C=N–C) groups is 1. The number of benzene rings is 1. The van der Waals surface area contributed by atoms with Crippen LogP contribution in [0.1, 0.15) is 33.3 Å². The molecule has 22 heavy (non-hydrogen) atoms. The fourth-order valence-electron chi connectivity index (χ4n) is 2.53. The highest BCUT2D eigenvalue weighted by Crippen LogP contribution is 2.37. The van der Waals surface area contributed by atoms with Crippen molar-refractivity contribution < 1.29 is 4.92 Å². The number of non-ortho nitro benzene ring substituents is 1. The fourth-order valence-corrected chi connectivity index (χ4v) is 3.66. The zero-order chi connectivity index (χ0) is 16.5. The summed E-state index contributed by atoms with van der Waals surface area (Å²) < 4.78 is 0.141. The van der Waals surface area contributed by atoms with E-state index in [0.717, 1.165) is 29.5 Å². The predicted octanol–water partition coefficient (Wildman–Crippen LogP) is 4.37. The number of amidine groups is 1. The van der Waals surface area contributed by atoms with Gasteiger partial charge in [-0.1, -0.05) is 25.6 Å². The van der Waals surface area contributed by atoms with Crippen molar-refractivity contribution >= 4 is 28.3 Å². The first-order valence-electron chi connectivity index (χ1n) is 7.45. The van der Waals surface area contributed by atoms with Crippen molar-refractivity contribution in [3.63, 3.8) is 0 Å². The van der Waals surface area contributed by atoms with Crippen molar-refractivity contribution in [1.82, 2.24) is 4.90 Å². The van der Waals surface area contributed by atoms with E-state index < -0.39 is 0 Å². The number of nitro groups is 1. The van der Waals surface area contributed by atoms with Crippen LogP contribution in [-0.4, -0.2) is 32.8 Å². The summed E-state index contributed by atoms with van der Waals surface area (Å²) in [6, 6.07) is 4.83. The van der Waals surface area contributed by atoms with Crippen LogP contribution >= 0.6 is 11.8 Å². The fraction of sp³-hybridized carbons (Fsp3) is 0.562. The van der Waals surface area contributed by atoms with Crippen molar-refractivity contribution in [3.05, 3.63) is 33.9 Å². The van der Waals surface area contributed by atoms with Gasteiger partial charge in [0.1, 0.15) is 0 Å². The van der Waals surface area contributed by atoms with Crippen molar-refractivity contribution in [3.8, 4) is 0 Å². The van der Waals surface area contributed by atoms with Crippen LogP contribution in [0.5, 0.6) is 0 Å². The Morgan fingerprint density at radius 1 is 1.45 bits per heavy atom. The molecule has 2 rings (SSSR count). The van der Waals surface area contributed by atoms with E-state index >= 15 is 0 Å². The van der Waals surface area contributed by atoms with E-state index in [0.29, 0.717) is 5.92 Å². The van der Waals surface area contributed by atoms with E-state index in [-0.39, 0.29) is 15.4 Å². The summed E-state index contributed by atoms with van der Waals surface area (Å²) in [5.41, 5.74) is 1.75. The molecule has 1 aromatic rings. The Morgan fingerprint density at radius 3 is 2.68 bits per heavy atom. The number of hydrogen-bond acceptors (Lipinski definition) is 4. The minimum Gasteiger partial charge on any atom is -0.350 e. The second-order valence-corrected chi connectivity index (χ2v) is 8.43. The molecule has 1 fully saturated rings. The third-order valence-corrected chi connectivity index (χ3v) is 4.62. The summed E-state index contributed by atoms with van der Waals surface area (Å²) in [6.07, 6.45) is 0. The van der Waals surface area contributed by atoms with Gasteiger partial charge < -0.3 is 4.90 Å². The Labute approximate surface area is 136 Å². The molecule has 0 bridgehead atoms. The molecule has 0 aliphatic carbocycles. The zero-order valence-electron chi connectivity index (χ0n) is 13.8. The van der Waals surface area contributed by atoms with E-state index in [4.69, 9.17) is 4.99 Å². The maximum absolute atomic E-state index is 10.8. The third kappa shape index (κ3) is 4.00. The van der Waals surface area contributed by atoms with E-state index in [9.17, 15) is 10.1 Å². The Hall–Kier alpha value is -1.56. The molecule has 0 saturated carbocycles. The molecule has 0 unspecified atom stereocenters. The van der Waals surface area contributed by atoms with Gasteiger partial charge >= 0.3 is 0 Å². The lowest BCUT2D eigenvalue weighted by Crippen LogP contribution is -2.31. The SMILES string of the molecule is Cc1cc([N+](=O)[O-])ccc1N=C1SC(C)(C)CN1CC(C)C. The molecule has 1 aliphatic rings. The van der Waals surface area contributed by atoms with Crippen LogP contribution in [0.25, 0.3) is 0 Å². The predicted molar refractivity (Wildman–Crippen MR) is 93.0 cm³/mol. The first kappa shape index (κ1) is 16.8. The van der Waals surface area contributed by atoms with Gasteiger partial charge in [0.2, 0.25) is 0 Å². The molecule has 0 spiro atoms. The summed E-state index contributed by atoms with van der Waals surface area (Å²) in [5, 5.41) is 11.8. The van der Waals surface area contributed by atoms with Crippen LogP contribution in [0.15, 0.2) is 23.2 Å². The lowest BCUT2D eigenvalue weighted by Gasteiger charge is -2.21. The Bertz CT molecular complexity index is 611. The Kier molecular flexibility index (Phi) is 4.80. The van der Waals surface area contributed by atoms with E-state index in [2.05, 4.69) is 32.6 Å². The normalized spacial score (nSPS) is 19.2. The molecule has 1 aliphatic heterocycles. The van der Waals surface area contributed by atoms with Crippen LogP contribution in [0.2, 0.25) is 0 Å². The highest BCUT2D eigenvalue weighted by atomic mass is 32.2. The minimum atomic E-state index is -0.373. The van der Waals surface area contributed by atoms with Gasteiger partial charge in [-0.05, 0) is 38.3 Å². The molecule has 0 amide bonds. The second kappa shape index (κ2) is 6.28. The Balaban J connectivity index is 2.32. The van der Waals surface area contributed by atoms with Crippen molar-refractivity contribution in [2.45, 2.75) is 39.4 Å². The smallest absolute Gasteiger partial charge is 0.269 e. The summed E-state index contributed by atoms with van der Waals surface area (Å²) in [7, 11) is 0. The van der Waals surface area contributed by atoms with Crippen LogP contribution in [0.3, 0.4) is 0 Å². The number of thioether (sulfide) groups is 1. The van der Waals surface area contributed by atoms with Crippen LogP contribution < -0.4 is 0 Å². The van der Waals surface area contributed by atoms with Crippen LogP contribution in [-0.2, 0) is 0 Å². The van der Waals surface area contributed by atoms with E-state index in [1.807, 2.05) is 6.92 Å². The quantitative estimate of drug-likeness (QED) is 0.610. The van der Waals surface area contributed by atoms with Gasteiger partial charge in [-0.15, -0.1) is 0 Å². The number of hydrogen-bond donors (Lipinski definition) is 0. The van der Waals surface area contributed by atoms with Crippen molar-refractivity contribution in [2.75, 3.05) is 13.1 Å². The van der Waals surface area contributed by atoms with E-state index in [1.165, 1.54) is 6.07 Å². The van der Waals surface area contributed by atoms with Gasteiger partial charge in [0.15, 0.2) is 5.17 Å². The molecular formula is C16H23N3O2S. The Morgan fingerprint density at radius 2 is 2.14 bits per heavy atom. The van der Waals surface area contributed by atoms with Gasteiger partial charge in [-0.25, -0.2) is 4.99 Å². The summed E-state index contributed by atoms with van der Waals surface area (Å²) in [5.74, 6) is 0.567. The molecule has 6 heteroatoms.